The Morgan fingerprint density at radius 3 is 2.68 bits per heavy atom. The number of ether oxygens (including phenoxy) is 2. The van der Waals surface area contributed by atoms with Crippen molar-refractivity contribution in [1.29, 1.82) is 0 Å². The van der Waals surface area contributed by atoms with Crippen molar-refractivity contribution in [2.24, 2.45) is 0 Å². The van der Waals surface area contributed by atoms with Crippen LogP contribution in [-0.2, 0) is 13.0 Å². The van der Waals surface area contributed by atoms with Crippen molar-refractivity contribution in [2.75, 3.05) is 39.9 Å². The maximum atomic E-state index is 13.7. The number of benzene rings is 2. The quantitative estimate of drug-likeness (QED) is 0.474. The maximum Gasteiger partial charge on any atom is 0.161 e. The van der Waals surface area contributed by atoms with Crippen molar-refractivity contribution in [1.82, 2.24) is 10.2 Å². The molecule has 0 amide bonds. The minimum atomic E-state index is -0.611. The lowest BCUT2D eigenvalue weighted by molar-refractivity contribution is 0.0333. The normalized spacial score (nSPS) is 16.3. The summed E-state index contributed by atoms with van der Waals surface area (Å²) in [6.45, 7) is 3.59. The van der Waals surface area contributed by atoms with Gasteiger partial charge in [0.25, 0.3) is 0 Å². The van der Waals surface area contributed by atoms with E-state index in [2.05, 4.69) is 10.2 Å². The van der Waals surface area contributed by atoms with Crippen molar-refractivity contribution in [3.63, 3.8) is 0 Å². The SMILES string of the molecule is COc1cc(CNCCc2ccccc2F)ccc1OCC(O)CN1CCC(O)CC1. The molecule has 1 aliphatic heterocycles. The first-order valence-corrected chi connectivity index (χ1v) is 10.9. The standard InChI is InChI=1S/C24H33FN2O4/c1-30-24-14-18(15-26-11-8-19-4-2-3-5-22(19)25)6-7-23(24)31-17-21(29)16-27-12-9-20(28)10-13-27/h2-7,14,20-21,26,28-29H,8-13,15-17H2,1H3. The fraction of sp³-hybridized carbons (Fsp3) is 0.500. The van der Waals surface area contributed by atoms with Crippen LogP contribution in [-0.4, -0.2) is 67.2 Å². The summed E-state index contributed by atoms with van der Waals surface area (Å²) in [5.74, 6) is 1.03. The molecule has 1 unspecified atom stereocenters. The molecule has 0 bridgehead atoms. The molecule has 3 N–H and O–H groups in total. The number of hydrogen-bond acceptors (Lipinski definition) is 6. The van der Waals surface area contributed by atoms with E-state index in [0.717, 1.165) is 31.5 Å². The second kappa shape index (κ2) is 12.0. The van der Waals surface area contributed by atoms with Gasteiger partial charge in [-0.1, -0.05) is 24.3 Å². The molecular weight excluding hydrogens is 399 g/mol. The van der Waals surface area contributed by atoms with Crippen LogP contribution in [0.15, 0.2) is 42.5 Å². The Labute approximate surface area is 183 Å². The van der Waals surface area contributed by atoms with Gasteiger partial charge in [0.2, 0.25) is 0 Å². The number of nitrogens with zero attached hydrogens (tertiary/aromatic N) is 1. The molecule has 0 aromatic heterocycles. The largest absolute Gasteiger partial charge is 0.493 e. The van der Waals surface area contributed by atoms with Crippen molar-refractivity contribution >= 4 is 0 Å². The van der Waals surface area contributed by atoms with E-state index in [1.54, 1.807) is 19.2 Å². The van der Waals surface area contributed by atoms with E-state index in [9.17, 15) is 14.6 Å². The second-order valence-electron chi connectivity index (χ2n) is 8.00. The molecule has 0 aliphatic carbocycles. The summed E-state index contributed by atoms with van der Waals surface area (Å²) in [6, 6.07) is 12.5. The first-order chi connectivity index (χ1) is 15.0. The molecule has 0 radical (unpaired) electrons. The Balaban J connectivity index is 1.43. The number of nitrogens with one attached hydrogen (secondary N) is 1. The van der Waals surface area contributed by atoms with Gasteiger partial charge < -0.3 is 29.9 Å². The third-order valence-corrected chi connectivity index (χ3v) is 5.54. The number of piperidine rings is 1. The summed E-state index contributed by atoms with van der Waals surface area (Å²) in [5, 5.41) is 23.2. The van der Waals surface area contributed by atoms with Crippen LogP contribution in [0.4, 0.5) is 4.39 Å². The number of methoxy groups -OCH3 is 1. The van der Waals surface area contributed by atoms with Crippen LogP contribution in [0.5, 0.6) is 11.5 Å². The lowest BCUT2D eigenvalue weighted by Gasteiger charge is -2.30. The third-order valence-electron chi connectivity index (χ3n) is 5.54. The van der Waals surface area contributed by atoms with Crippen molar-refractivity contribution in [3.05, 3.63) is 59.4 Å². The number of aliphatic hydroxyl groups is 2. The van der Waals surface area contributed by atoms with Gasteiger partial charge in [0, 0.05) is 26.2 Å². The highest BCUT2D eigenvalue weighted by Gasteiger charge is 2.20. The molecule has 31 heavy (non-hydrogen) atoms. The van der Waals surface area contributed by atoms with Gasteiger partial charge in [-0.3, -0.25) is 0 Å². The predicted molar refractivity (Wildman–Crippen MR) is 118 cm³/mol. The summed E-state index contributed by atoms with van der Waals surface area (Å²) < 4.78 is 24.9. The summed E-state index contributed by atoms with van der Waals surface area (Å²) >= 11 is 0. The number of halogens is 1. The van der Waals surface area contributed by atoms with Crippen LogP contribution in [0.25, 0.3) is 0 Å². The Kier molecular flexibility index (Phi) is 9.09. The van der Waals surface area contributed by atoms with E-state index in [-0.39, 0.29) is 18.5 Å². The van der Waals surface area contributed by atoms with E-state index in [1.807, 2.05) is 24.3 Å². The Morgan fingerprint density at radius 1 is 1.16 bits per heavy atom. The van der Waals surface area contributed by atoms with Crippen molar-refractivity contribution < 1.29 is 24.1 Å². The molecule has 0 spiro atoms. The topological polar surface area (TPSA) is 74.2 Å². The van der Waals surface area contributed by atoms with E-state index in [1.165, 1.54) is 6.07 Å². The summed E-state index contributed by atoms with van der Waals surface area (Å²) in [7, 11) is 1.59. The van der Waals surface area contributed by atoms with E-state index >= 15 is 0 Å². The lowest BCUT2D eigenvalue weighted by Crippen LogP contribution is -2.41. The number of likely N-dealkylation sites (tertiary alicyclic amines) is 1. The fourth-order valence-corrected chi connectivity index (χ4v) is 3.74. The average molecular weight is 433 g/mol. The number of β-amino-alcohol motifs (C(OH)–C–C–N with tert-alkyl or cyclic N) is 1. The van der Waals surface area contributed by atoms with E-state index in [4.69, 9.17) is 9.47 Å². The Morgan fingerprint density at radius 2 is 1.94 bits per heavy atom. The predicted octanol–water partition coefficient (Wildman–Crippen LogP) is 2.36. The first-order valence-electron chi connectivity index (χ1n) is 10.9. The van der Waals surface area contributed by atoms with Crippen molar-refractivity contribution in [2.45, 2.75) is 38.0 Å². The molecule has 1 aliphatic rings. The number of hydrogen-bond donors (Lipinski definition) is 3. The van der Waals surface area contributed by atoms with Crippen LogP contribution >= 0.6 is 0 Å². The number of aliphatic hydroxyl groups excluding tert-OH is 2. The van der Waals surface area contributed by atoms with Gasteiger partial charge in [0.15, 0.2) is 11.5 Å². The highest BCUT2D eigenvalue weighted by molar-refractivity contribution is 5.43. The molecule has 7 heteroatoms. The summed E-state index contributed by atoms with van der Waals surface area (Å²) in [6.07, 6.45) is 1.29. The molecule has 2 aromatic rings. The molecule has 0 saturated carbocycles. The second-order valence-corrected chi connectivity index (χ2v) is 8.00. The summed E-state index contributed by atoms with van der Waals surface area (Å²) in [5.41, 5.74) is 1.74. The molecule has 1 atom stereocenters. The smallest absolute Gasteiger partial charge is 0.161 e. The molecular formula is C24H33FN2O4. The highest BCUT2D eigenvalue weighted by Crippen LogP contribution is 2.28. The minimum absolute atomic E-state index is 0.174. The molecule has 1 fully saturated rings. The van der Waals surface area contributed by atoms with Crippen LogP contribution in [0.3, 0.4) is 0 Å². The zero-order valence-corrected chi connectivity index (χ0v) is 18.1. The highest BCUT2D eigenvalue weighted by atomic mass is 19.1. The molecule has 6 nitrogen and oxygen atoms in total. The zero-order chi connectivity index (χ0) is 22.1. The molecule has 2 aromatic carbocycles. The molecule has 170 valence electrons. The van der Waals surface area contributed by atoms with Crippen LogP contribution in [0.2, 0.25) is 0 Å². The number of rotatable bonds is 11. The van der Waals surface area contributed by atoms with Gasteiger partial charge in [-0.2, -0.15) is 0 Å². The third kappa shape index (κ3) is 7.47. The van der Waals surface area contributed by atoms with E-state index < -0.39 is 6.10 Å². The van der Waals surface area contributed by atoms with Crippen molar-refractivity contribution in [3.8, 4) is 11.5 Å². The van der Waals surface area contributed by atoms with Crippen LogP contribution < -0.4 is 14.8 Å². The van der Waals surface area contributed by atoms with Crippen LogP contribution in [0.1, 0.15) is 24.0 Å². The fourth-order valence-electron chi connectivity index (χ4n) is 3.74. The van der Waals surface area contributed by atoms with E-state index in [0.29, 0.717) is 43.1 Å². The molecule has 3 rings (SSSR count). The molecule has 1 saturated heterocycles. The minimum Gasteiger partial charge on any atom is -0.493 e. The van der Waals surface area contributed by atoms with Crippen LogP contribution in [0, 0.1) is 5.82 Å². The van der Waals surface area contributed by atoms with Gasteiger partial charge in [-0.15, -0.1) is 0 Å². The van der Waals surface area contributed by atoms with Gasteiger partial charge >= 0.3 is 0 Å². The van der Waals surface area contributed by atoms with Gasteiger partial charge in [-0.05, 0) is 55.1 Å². The monoisotopic (exact) mass is 432 g/mol. The average Bonchev–Trinajstić information content (AvgIpc) is 2.78. The van der Waals surface area contributed by atoms with Gasteiger partial charge in [-0.25, -0.2) is 4.39 Å². The lowest BCUT2D eigenvalue weighted by atomic mass is 10.1. The maximum absolute atomic E-state index is 13.7. The Bertz CT molecular complexity index is 812. The molecule has 1 heterocycles. The van der Waals surface area contributed by atoms with Gasteiger partial charge in [0.05, 0.1) is 13.2 Å². The Hall–Kier alpha value is -2.19. The summed E-state index contributed by atoms with van der Waals surface area (Å²) in [4.78, 5) is 2.15. The van der Waals surface area contributed by atoms with Gasteiger partial charge in [0.1, 0.15) is 18.5 Å². The first kappa shape index (κ1) is 23.5. The zero-order valence-electron chi connectivity index (χ0n) is 18.1.